The van der Waals surface area contributed by atoms with Gasteiger partial charge >= 0.3 is 0 Å². The van der Waals surface area contributed by atoms with E-state index in [1.54, 1.807) is 0 Å². The van der Waals surface area contributed by atoms with Crippen LogP contribution < -0.4 is 5.73 Å². The van der Waals surface area contributed by atoms with Crippen molar-refractivity contribution < 1.29 is 4.74 Å². The van der Waals surface area contributed by atoms with Gasteiger partial charge in [0.15, 0.2) is 0 Å². The molecule has 0 amide bonds. The molecule has 2 atom stereocenters. The number of aryl methyl sites for hydroxylation is 1. The molecule has 1 aliphatic heterocycles. The van der Waals surface area contributed by atoms with Crippen LogP contribution in [0.5, 0.6) is 0 Å². The maximum absolute atomic E-state index is 6.27. The predicted octanol–water partition coefficient (Wildman–Crippen LogP) is 0.573. The zero-order valence-corrected chi connectivity index (χ0v) is 11.7. The fraction of sp³-hybridized carbons (Fsp3) is 0.786. The van der Waals surface area contributed by atoms with Crippen LogP contribution in [-0.2, 0) is 11.8 Å². The maximum Gasteiger partial charge on any atom is 0.0945 e. The first-order valence-electron chi connectivity index (χ1n) is 7.26. The molecule has 1 saturated carbocycles. The van der Waals surface area contributed by atoms with Crippen molar-refractivity contribution >= 4 is 0 Å². The monoisotopic (exact) mass is 264 g/mol. The second-order valence-electron chi connectivity index (χ2n) is 5.98. The quantitative estimate of drug-likeness (QED) is 0.763. The van der Waals surface area contributed by atoms with Crippen LogP contribution in [-0.4, -0.2) is 53.3 Å². The van der Waals surface area contributed by atoms with Crippen molar-refractivity contribution in [1.82, 2.24) is 14.5 Å². The first-order valence-corrected chi connectivity index (χ1v) is 7.26. The molecule has 5 heteroatoms. The summed E-state index contributed by atoms with van der Waals surface area (Å²) in [6.07, 6.45) is 6.51. The van der Waals surface area contributed by atoms with Crippen LogP contribution in [0.25, 0.3) is 0 Å². The van der Waals surface area contributed by atoms with Gasteiger partial charge in [-0.15, -0.1) is 0 Å². The Labute approximate surface area is 114 Å². The molecule has 2 heterocycles. The van der Waals surface area contributed by atoms with Gasteiger partial charge in [0.2, 0.25) is 0 Å². The Morgan fingerprint density at radius 3 is 2.95 bits per heavy atom. The number of imidazole rings is 1. The zero-order valence-electron chi connectivity index (χ0n) is 11.7. The second kappa shape index (κ2) is 5.61. The summed E-state index contributed by atoms with van der Waals surface area (Å²) in [4.78, 5) is 6.60. The number of hydrogen-bond donors (Lipinski definition) is 1. The number of nitrogens with two attached hydrogens (primary N) is 1. The highest BCUT2D eigenvalue weighted by Crippen LogP contribution is 2.29. The van der Waals surface area contributed by atoms with E-state index >= 15 is 0 Å². The summed E-state index contributed by atoms with van der Waals surface area (Å²) < 4.78 is 7.79. The molecule has 0 unspecified atom stereocenters. The van der Waals surface area contributed by atoms with E-state index in [4.69, 9.17) is 10.5 Å². The molecule has 2 N–H and O–H groups in total. The molecule has 106 valence electrons. The van der Waals surface area contributed by atoms with Gasteiger partial charge in [0.1, 0.15) is 0 Å². The van der Waals surface area contributed by atoms with E-state index < -0.39 is 0 Å². The van der Waals surface area contributed by atoms with Crippen LogP contribution in [0, 0.1) is 5.92 Å². The molecular weight excluding hydrogens is 240 g/mol. The van der Waals surface area contributed by atoms with Crippen molar-refractivity contribution in [3.8, 4) is 0 Å². The molecule has 1 aromatic rings. The smallest absolute Gasteiger partial charge is 0.0945 e. The minimum absolute atomic E-state index is 0.207. The van der Waals surface area contributed by atoms with Crippen LogP contribution in [0.15, 0.2) is 12.5 Å². The third kappa shape index (κ3) is 3.16. The Morgan fingerprint density at radius 1 is 1.42 bits per heavy atom. The molecule has 3 rings (SSSR count). The van der Waals surface area contributed by atoms with E-state index in [0.29, 0.717) is 5.92 Å². The topological polar surface area (TPSA) is 56.3 Å². The standard InChI is InChI=1S/C14H24N4O/c1-17-10-16-6-14(17)12-7-18(8-13(12)15)4-5-19-9-11-2-3-11/h6,10-13H,2-5,7-9,15H2,1H3/t12-,13-/m1/s1. The van der Waals surface area contributed by atoms with Crippen molar-refractivity contribution in [3.05, 3.63) is 18.2 Å². The number of hydrogen-bond acceptors (Lipinski definition) is 4. The Hall–Kier alpha value is -0.910. The number of likely N-dealkylation sites (tertiary alicyclic amines) is 1. The molecular formula is C14H24N4O. The van der Waals surface area contributed by atoms with Gasteiger partial charge in [0.05, 0.1) is 12.9 Å². The predicted molar refractivity (Wildman–Crippen MR) is 73.9 cm³/mol. The van der Waals surface area contributed by atoms with E-state index in [1.165, 1.54) is 18.5 Å². The van der Waals surface area contributed by atoms with E-state index in [2.05, 4.69) is 14.5 Å². The van der Waals surface area contributed by atoms with Gasteiger partial charge in [-0.25, -0.2) is 4.98 Å². The molecule has 2 aliphatic rings. The molecule has 2 fully saturated rings. The van der Waals surface area contributed by atoms with E-state index in [1.807, 2.05) is 19.6 Å². The maximum atomic E-state index is 6.27. The van der Waals surface area contributed by atoms with Crippen LogP contribution in [0.1, 0.15) is 24.5 Å². The van der Waals surface area contributed by atoms with Gasteiger partial charge in [-0.3, -0.25) is 4.90 Å². The zero-order chi connectivity index (χ0) is 13.2. The van der Waals surface area contributed by atoms with E-state index in [0.717, 1.165) is 38.8 Å². The van der Waals surface area contributed by atoms with Gasteiger partial charge in [-0.2, -0.15) is 0 Å². The summed E-state index contributed by atoms with van der Waals surface area (Å²) in [6, 6.07) is 0.207. The van der Waals surface area contributed by atoms with Gasteiger partial charge in [-0.1, -0.05) is 0 Å². The summed E-state index contributed by atoms with van der Waals surface area (Å²) in [5, 5.41) is 0. The molecule has 0 radical (unpaired) electrons. The first kappa shape index (κ1) is 13.1. The Morgan fingerprint density at radius 2 is 2.26 bits per heavy atom. The van der Waals surface area contributed by atoms with Crippen molar-refractivity contribution in [2.24, 2.45) is 18.7 Å². The average molecular weight is 264 g/mol. The summed E-state index contributed by atoms with van der Waals surface area (Å²) >= 11 is 0. The lowest BCUT2D eigenvalue weighted by Crippen LogP contribution is -2.30. The third-order valence-corrected chi connectivity index (χ3v) is 4.28. The fourth-order valence-corrected chi connectivity index (χ4v) is 2.86. The minimum atomic E-state index is 0.207. The molecule has 0 aromatic carbocycles. The highest BCUT2D eigenvalue weighted by molar-refractivity contribution is 5.13. The highest BCUT2D eigenvalue weighted by atomic mass is 16.5. The third-order valence-electron chi connectivity index (χ3n) is 4.28. The summed E-state index contributed by atoms with van der Waals surface area (Å²) in [5.74, 6) is 1.25. The van der Waals surface area contributed by atoms with Gasteiger partial charge < -0.3 is 15.0 Å². The highest BCUT2D eigenvalue weighted by Gasteiger charge is 2.32. The number of aromatic nitrogens is 2. The van der Waals surface area contributed by atoms with Crippen LogP contribution in [0.2, 0.25) is 0 Å². The van der Waals surface area contributed by atoms with Crippen molar-refractivity contribution in [3.63, 3.8) is 0 Å². The molecule has 1 aromatic heterocycles. The second-order valence-corrected chi connectivity index (χ2v) is 5.98. The summed E-state index contributed by atoms with van der Waals surface area (Å²) in [7, 11) is 2.04. The van der Waals surface area contributed by atoms with Crippen LogP contribution in [0.3, 0.4) is 0 Å². The van der Waals surface area contributed by atoms with Gasteiger partial charge in [-0.05, 0) is 18.8 Å². The Balaban J connectivity index is 1.46. The van der Waals surface area contributed by atoms with Gasteiger partial charge in [0.25, 0.3) is 0 Å². The minimum Gasteiger partial charge on any atom is -0.380 e. The lowest BCUT2D eigenvalue weighted by molar-refractivity contribution is 0.102. The molecule has 5 nitrogen and oxygen atoms in total. The number of rotatable bonds is 6. The lowest BCUT2D eigenvalue weighted by atomic mass is 10.0. The van der Waals surface area contributed by atoms with Gasteiger partial charge in [0, 0.05) is 57.1 Å². The molecule has 19 heavy (non-hydrogen) atoms. The SMILES string of the molecule is Cn1cncc1[C@@H]1CN(CCOCC2CC2)C[C@H]1N. The Bertz CT molecular complexity index is 415. The summed E-state index contributed by atoms with van der Waals surface area (Å²) in [6.45, 7) is 4.76. The lowest BCUT2D eigenvalue weighted by Gasteiger charge is -2.16. The fourth-order valence-electron chi connectivity index (χ4n) is 2.86. The number of nitrogens with zero attached hydrogens (tertiary/aromatic N) is 3. The van der Waals surface area contributed by atoms with Crippen molar-refractivity contribution in [1.29, 1.82) is 0 Å². The normalized spacial score (nSPS) is 28.1. The first-order chi connectivity index (χ1) is 9.24. The molecule has 0 bridgehead atoms. The Kier molecular flexibility index (Phi) is 3.86. The molecule has 1 saturated heterocycles. The van der Waals surface area contributed by atoms with Crippen molar-refractivity contribution in [2.75, 3.05) is 32.8 Å². The van der Waals surface area contributed by atoms with Crippen LogP contribution in [0.4, 0.5) is 0 Å². The molecule has 0 spiro atoms. The van der Waals surface area contributed by atoms with Crippen LogP contribution >= 0.6 is 0 Å². The van der Waals surface area contributed by atoms with E-state index in [-0.39, 0.29) is 6.04 Å². The number of ether oxygens (including phenoxy) is 1. The largest absolute Gasteiger partial charge is 0.380 e. The summed E-state index contributed by atoms with van der Waals surface area (Å²) in [5.41, 5.74) is 7.51. The van der Waals surface area contributed by atoms with E-state index in [9.17, 15) is 0 Å². The van der Waals surface area contributed by atoms with Crippen molar-refractivity contribution in [2.45, 2.75) is 24.8 Å². The average Bonchev–Trinajstić information content (AvgIpc) is 3.01. The molecule has 1 aliphatic carbocycles.